The Balaban J connectivity index is 2.15. The van der Waals surface area contributed by atoms with Crippen LogP contribution < -0.4 is 9.47 Å². The first-order chi connectivity index (χ1) is 12.7. The fraction of sp³-hybridized carbons (Fsp3) is 0.524. The van der Waals surface area contributed by atoms with Gasteiger partial charge in [-0.3, -0.25) is 9.59 Å². The highest BCUT2D eigenvalue weighted by atomic mass is 16.5. The summed E-state index contributed by atoms with van der Waals surface area (Å²) in [6.07, 6.45) is 1.45. The summed E-state index contributed by atoms with van der Waals surface area (Å²) in [5.41, 5.74) is 2.33. The highest BCUT2D eigenvalue weighted by molar-refractivity contribution is 6.02. The monoisotopic (exact) mass is 372 g/mol. The van der Waals surface area contributed by atoms with Crippen LogP contribution in [0.2, 0.25) is 0 Å². The second-order valence-electron chi connectivity index (χ2n) is 8.23. The molecule has 1 heterocycles. The second kappa shape index (κ2) is 7.00. The fourth-order valence-corrected chi connectivity index (χ4v) is 4.22. The zero-order valence-corrected chi connectivity index (χ0v) is 17.0. The summed E-state index contributed by atoms with van der Waals surface area (Å²) >= 11 is 0. The Labute approximate surface area is 160 Å². The van der Waals surface area contributed by atoms with Crippen LogP contribution in [-0.2, 0) is 9.59 Å². The molecule has 0 bridgehead atoms. The van der Waals surface area contributed by atoms with Crippen molar-refractivity contribution in [2.45, 2.75) is 39.0 Å². The third kappa shape index (κ3) is 3.46. The number of hydrogen-bond acceptors (Lipinski definition) is 5. The Bertz CT molecular complexity index is 810. The summed E-state index contributed by atoms with van der Waals surface area (Å²) in [6.45, 7) is 4.15. The molecular formula is C21H28N2O4. The minimum atomic E-state index is -0.257. The van der Waals surface area contributed by atoms with Crippen molar-refractivity contribution < 1.29 is 19.1 Å². The molecule has 1 atom stereocenters. The molecule has 6 nitrogen and oxygen atoms in total. The Morgan fingerprint density at radius 1 is 1.07 bits per heavy atom. The summed E-state index contributed by atoms with van der Waals surface area (Å²) in [6, 6.07) is 5.62. The van der Waals surface area contributed by atoms with Gasteiger partial charge in [-0.1, -0.05) is 19.9 Å². The molecule has 1 aliphatic carbocycles. The van der Waals surface area contributed by atoms with Gasteiger partial charge in [0.1, 0.15) is 0 Å². The Kier molecular flexibility index (Phi) is 5.04. The van der Waals surface area contributed by atoms with E-state index in [1.54, 1.807) is 24.2 Å². The van der Waals surface area contributed by atoms with Crippen molar-refractivity contribution in [2.24, 2.45) is 5.41 Å². The molecule has 0 spiro atoms. The number of hydrogen-bond donors (Lipinski definition) is 0. The van der Waals surface area contributed by atoms with Gasteiger partial charge in [-0.05, 0) is 29.5 Å². The summed E-state index contributed by atoms with van der Waals surface area (Å²) in [7, 11) is 6.85. The molecule has 3 rings (SSSR count). The quantitative estimate of drug-likeness (QED) is 0.813. The van der Waals surface area contributed by atoms with Crippen molar-refractivity contribution >= 4 is 11.7 Å². The van der Waals surface area contributed by atoms with Crippen molar-refractivity contribution in [1.29, 1.82) is 0 Å². The normalized spacial score (nSPS) is 22.2. The van der Waals surface area contributed by atoms with Crippen LogP contribution in [-0.4, -0.2) is 50.0 Å². The first-order valence-electron chi connectivity index (χ1n) is 9.17. The highest BCUT2D eigenvalue weighted by Crippen LogP contribution is 2.47. The molecule has 27 heavy (non-hydrogen) atoms. The topological polar surface area (TPSA) is 59.1 Å². The number of allylic oxidation sites excluding steroid dienone is 2. The van der Waals surface area contributed by atoms with Crippen molar-refractivity contribution in [1.82, 2.24) is 10.0 Å². The summed E-state index contributed by atoms with van der Waals surface area (Å²) in [5, 5.41) is 3.45. The highest BCUT2D eigenvalue weighted by Gasteiger charge is 2.44. The Hall–Kier alpha value is -2.34. The van der Waals surface area contributed by atoms with E-state index in [0.717, 1.165) is 16.8 Å². The second-order valence-corrected chi connectivity index (χ2v) is 8.23. The van der Waals surface area contributed by atoms with Gasteiger partial charge in [0.05, 0.1) is 14.2 Å². The van der Waals surface area contributed by atoms with E-state index in [4.69, 9.17) is 9.47 Å². The molecule has 0 unspecified atom stereocenters. The zero-order chi connectivity index (χ0) is 19.9. The van der Waals surface area contributed by atoms with Crippen molar-refractivity contribution in [3.8, 4) is 11.5 Å². The fourth-order valence-electron chi connectivity index (χ4n) is 4.22. The van der Waals surface area contributed by atoms with Gasteiger partial charge >= 0.3 is 0 Å². The molecular weight excluding hydrogens is 344 g/mol. The maximum Gasteiger partial charge on any atom is 0.242 e. The van der Waals surface area contributed by atoms with Crippen LogP contribution in [0.25, 0.3) is 0 Å². The first-order valence-corrected chi connectivity index (χ1v) is 9.17. The maximum atomic E-state index is 13.1. The van der Waals surface area contributed by atoms with E-state index >= 15 is 0 Å². The van der Waals surface area contributed by atoms with Crippen molar-refractivity contribution in [3.05, 3.63) is 35.0 Å². The lowest BCUT2D eigenvalue weighted by atomic mass is 9.69. The number of Topliss-reactive ketones (excluding diaryl/α,β-unsaturated/α-hetero) is 1. The van der Waals surface area contributed by atoms with Gasteiger partial charge in [-0.15, -0.1) is 0 Å². The summed E-state index contributed by atoms with van der Waals surface area (Å²) < 4.78 is 10.7. The Morgan fingerprint density at radius 3 is 2.33 bits per heavy atom. The summed E-state index contributed by atoms with van der Waals surface area (Å²) in [4.78, 5) is 26.1. The number of methoxy groups -OCH3 is 2. The molecule has 0 N–H and O–H groups in total. The van der Waals surface area contributed by atoms with Gasteiger partial charge in [0, 0.05) is 44.1 Å². The van der Waals surface area contributed by atoms with Gasteiger partial charge in [0.25, 0.3) is 0 Å². The summed E-state index contributed by atoms with van der Waals surface area (Å²) in [5.74, 6) is 1.10. The van der Waals surface area contributed by atoms with E-state index < -0.39 is 0 Å². The van der Waals surface area contributed by atoms with E-state index in [-0.39, 0.29) is 29.4 Å². The van der Waals surface area contributed by atoms with E-state index in [1.807, 2.05) is 32.3 Å². The average molecular weight is 372 g/mol. The predicted molar refractivity (Wildman–Crippen MR) is 102 cm³/mol. The third-order valence-electron chi connectivity index (χ3n) is 5.33. The number of amides is 1. The lowest BCUT2D eigenvalue weighted by molar-refractivity contribution is -0.143. The molecule has 0 radical (unpaired) electrons. The number of hydrazine groups is 1. The number of nitrogens with zero attached hydrogens (tertiary/aromatic N) is 2. The van der Waals surface area contributed by atoms with Gasteiger partial charge in [-0.25, -0.2) is 10.0 Å². The number of ketones is 1. The van der Waals surface area contributed by atoms with Crippen LogP contribution in [0.1, 0.15) is 44.6 Å². The van der Waals surface area contributed by atoms with Crippen LogP contribution in [0.4, 0.5) is 0 Å². The molecule has 1 aliphatic heterocycles. The van der Waals surface area contributed by atoms with Crippen molar-refractivity contribution in [2.75, 3.05) is 28.3 Å². The average Bonchev–Trinajstić information content (AvgIpc) is 2.58. The smallest absolute Gasteiger partial charge is 0.242 e. The van der Waals surface area contributed by atoms with Crippen LogP contribution in [0, 0.1) is 5.41 Å². The van der Waals surface area contributed by atoms with E-state index in [1.165, 1.54) is 0 Å². The van der Waals surface area contributed by atoms with Crippen molar-refractivity contribution in [3.63, 3.8) is 0 Å². The van der Waals surface area contributed by atoms with Gasteiger partial charge in [0.15, 0.2) is 17.3 Å². The molecule has 1 amide bonds. The first kappa shape index (κ1) is 19.4. The Morgan fingerprint density at radius 2 is 1.74 bits per heavy atom. The standard InChI is InChI=1S/C21H28N2O4/c1-21(2)11-15-20(16(24)12-21)14(10-19(25)23(15)22(3)4)13-7-8-17(26-5)18(9-13)27-6/h7-9,14H,10-12H2,1-6H3/t14-/m0/s1. The molecule has 0 aromatic heterocycles. The largest absolute Gasteiger partial charge is 0.493 e. The van der Waals surface area contributed by atoms with Crippen LogP contribution in [0.5, 0.6) is 11.5 Å². The molecule has 0 saturated heterocycles. The van der Waals surface area contributed by atoms with Gasteiger partial charge in [0.2, 0.25) is 5.91 Å². The minimum absolute atomic E-state index is 0.00374. The number of carbonyl (C=O) groups excluding carboxylic acids is 2. The lowest BCUT2D eigenvalue weighted by Gasteiger charge is -2.44. The van der Waals surface area contributed by atoms with E-state index in [0.29, 0.717) is 24.3 Å². The molecule has 6 heteroatoms. The lowest BCUT2D eigenvalue weighted by Crippen LogP contribution is -2.49. The van der Waals surface area contributed by atoms with Crippen LogP contribution in [0.3, 0.4) is 0 Å². The molecule has 2 aliphatic rings. The maximum absolute atomic E-state index is 13.1. The van der Waals surface area contributed by atoms with Crippen LogP contribution in [0.15, 0.2) is 29.5 Å². The number of rotatable bonds is 4. The molecule has 0 saturated carbocycles. The molecule has 146 valence electrons. The molecule has 1 aromatic rings. The predicted octanol–water partition coefficient (Wildman–Crippen LogP) is 3.14. The number of ether oxygens (including phenoxy) is 2. The SMILES string of the molecule is COc1ccc([C@@H]2CC(=O)N(N(C)C)C3=C2C(=O)CC(C)(C)C3)cc1OC. The minimum Gasteiger partial charge on any atom is -0.493 e. The van der Waals surface area contributed by atoms with Gasteiger partial charge in [-0.2, -0.15) is 0 Å². The molecule has 1 aromatic carbocycles. The zero-order valence-electron chi connectivity index (χ0n) is 17.0. The van der Waals surface area contributed by atoms with Gasteiger partial charge < -0.3 is 9.47 Å². The molecule has 0 fully saturated rings. The number of benzene rings is 1. The van der Waals surface area contributed by atoms with E-state index in [2.05, 4.69) is 13.8 Å². The van der Waals surface area contributed by atoms with Crippen LogP contribution >= 0.6 is 0 Å². The third-order valence-corrected chi connectivity index (χ3v) is 5.33. The number of carbonyl (C=O) groups is 2. The van der Waals surface area contributed by atoms with E-state index in [9.17, 15) is 9.59 Å².